The Bertz CT molecular complexity index is 531. The van der Waals surface area contributed by atoms with Gasteiger partial charge in [0.15, 0.2) is 0 Å². The second-order valence-corrected chi connectivity index (χ2v) is 6.26. The third-order valence-corrected chi connectivity index (χ3v) is 3.78. The van der Waals surface area contributed by atoms with Crippen LogP contribution in [0.25, 0.3) is 0 Å². The molecule has 0 unspecified atom stereocenters. The number of rotatable bonds is 1. The van der Waals surface area contributed by atoms with Gasteiger partial charge in [-0.1, -0.05) is 0 Å². The average Bonchev–Trinajstić information content (AvgIpc) is 2.47. The van der Waals surface area contributed by atoms with Crippen LogP contribution in [-0.4, -0.2) is 47.5 Å². The lowest BCUT2D eigenvalue weighted by atomic mass is 10.1. The molecule has 0 aliphatic carbocycles. The Hall–Kier alpha value is -2.06. The Labute approximate surface area is 126 Å². The van der Waals surface area contributed by atoms with Crippen molar-refractivity contribution in [1.82, 2.24) is 9.80 Å². The van der Waals surface area contributed by atoms with Gasteiger partial charge in [0, 0.05) is 37.4 Å². The van der Waals surface area contributed by atoms with Crippen molar-refractivity contribution in [1.29, 1.82) is 5.26 Å². The fourth-order valence-corrected chi connectivity index (χ4v) is 2.41. The van der Waals surface area contributed by atoms with Crippen molar-refractivity contribution in [3.05, 3.63) is 29.8 Å². The summed E-state index contributed by atoms with van der Waals surface area (Å²) in [7, 11) is 0. The molecule has 1 aromatic carbocycles. The molecular formula is C16H22N4O. The number of hydrogen-bond donors (Lipinski definition) is 1. The normalized spacial score (nSPS) is 16.4. The van der Waals surface area contributed by atoms with E-state index >= 15 is 0 Å². The van der Waals surface area contributed by atoms with Crippen molar-refractivity contribution in [2.45, 2.75) is 26.3 Å². The van der Waals surface area contributed by atoms with Crippen LogP contribution in [0.5, 0.6) is 0 Å². The molecule has 0 atom stereocenters. The number of anilines is 1. The molecular weight excluding hydrogens is 264 g/mol. The number of carbonyl (C=O) groups is 1. The molecule has 21 heavy (non-hydrogen) atoms. The SMILES string of the molecule is CC(C)(C)N1CCN(C(=O)Nc2ccc(C#N)cc2)CC1. The van der Waals surface area contributed by atoms with E-state index in [1.165, 1.54) is 0 Å². The van der Waals surface area contributed by atoms with E-state index in [1.54, 1.807) is 24.3 Å². The highest BCUT2D eigenvalue weighted by Crippen LogP contribution is 2.16. The van der Waals surface area contributed by atoms with Crippen molar-refractivity contribution in [3.8, 4) is 6.07 Å². The molecule has 1 fully saturated rings. The van der Waals surface area contributed by atoms with Gasteiger partial charge in [-0.05, 0) is 45.0 Å². The number of piperazine rings is 1. The number of benzene rings is 1. The number of amides is 2. The highest BCUT2D eigenvalue weighted by molar-refractivity contribution is 5.89. The number of carbonyl (C=O) groups excluding carboxylic acids is 1. The van der Waals surface area contributed by atoms with Gasteiger partial charge in [0.05, 0.1) is 11.6 Å². The van der Waals surface area contributed by atoms with Crippen molar-refractivity contribution in [3.63, 3.8) is 0 Å². The molecule has 1 aliphatic rings. The van der Waals surface area contributed by atoms with Crippen molar-refractivity contribution in [2.24, 2.45) is 0 Å². The van der Waals surface area contributed by atoms with E-state index in [0.717, 1.165) is 31.9 Å². The lowest BCUT2D eigenvalue weighted by molar-refractivity contribution is 0.0774. The minimum atomic E-state index is -0.0757. The summed E-state index contributed by atoms with van der Waals surface area (Å²) < 4.78 is 0. The minimum Gasteiger partial charge on any atom is -0.322 e. The zero-order chi connectivity index (χ0) is 15.5. The maximum atomic E-state index is 12.2. The molecule has 0 spiro atoms. The summed E-state index contributed by atoms with van der Waals surface area (Å²) in [5.41, 5.74) is 1.46. The molecule has 0 radical (unpaired) electrons. The molecule has 5 nitrogen and oxygen atoms in total. The summed E-state index contributed by atoms with van der Waals surface area (Å²) in [4.78, 5) is 16.4. The highest BCUT2D eigenvalue weighted by Gasteiger charge is 2.27. The van der Waals surface area contributed by atoms with Crippen LogP contribution in [0.2, 0.25) is 0 Å². The van der Waals surface area contributed by atoms with Crippen LogP contribution >= 0.6 is 0 Å². The van der Waals surface area contributed by atoms with Gasteiger partial charge in [-0.2, -0.15) is 5.26 Å². The first-order valence-corrected chi connectivity index (χ1v) is 7.21. The Morgan fingerprint density at radius 2 is 1.71 bits per heavy atom. The van der Waals surface area contributed by atoms with E-state index in [9.17, 15) is 4.79 Å². The largest absolute Gasteiger partial charge is 0.322 e. The number of nitrogens with zero attached hydrogens (tertiary/aromatic N) is 3. The Morgan fingerprint density at radius 1 is 1.14 bits per heavy atom. The summed E-state index contributed by atoms with van der Waals surface area (Å²) in [5.74, 6) is 0. The summed E-state index contributed by atoms with van der Waals surface area (Å²) in [6, 6.07) is 8.89. The fraction of sp³-hybridized carbons (Fsp3) is 0.500. The third kappa shape index (κ3) is 3.96. The van der Waals surface area contributed by atoms with Crippen LogP contribution in [0.4, 0.5) is 10.5 Å². The van der Waals surface area contributed by atoms with E-state index in [2.05, 4.69) is 37.1 Å². The fourth-order valence-electron chi connectivity index (χ4n) is 2.41. The van der Waals surface area contributed by atoms with Gasteiger partial charge in [0.1, 0.15) is 0 Å². The number of nitriles is 1. The van der Waals surface area contributed by atoms with Crippen LogP contribution in [-0.2, 0) is 0 Å². The standard InChI is InChI=1S/C16H22N4O/c1-16(2,3)20-10-8-19(9-11-20)15(21)18-14-6-4-13(12-17)5-7-14/h4-7H,8-11H2,1-3H3,(H,18,21). The number of hydrogen-bond acceptors (Lipinski definition) is 3. The summed E-state index contributed by atoms with van der Waals surface area (Å²) in [6.45, 7) is 9.84. The number of nitrogens with one attached hydrogen (secondary N) is 1. The molecule has 0 aromatic heterocycles. The van der Waals surface area contributed by atoms with Crippen LogP contribution in [0, 0.1) is 11.3 Å². The molecule has 1 aromatic rings. The van der Waals surface area contributed by atoms with Crippen molar-refractivity contribution >= 4 is 11.7 Å². The van der Waals surface area contributed by atoms with Gasteiger partial charge in [-0.15, -0.1) is 0 Å². The predicted octanol–water partition coefficient (Wildman–Crippen LogP) is 2.51. The molecule has 0 saturated carbocycles. The average molecular weight is 286 g/mol. The zero-order valence-corrected chi connectivity index (χ0v) is 12.9. The van der Waals surface area contributed by atoms with Crippen LogP contribution in [0.1, 0.15) is 26.3 Å². The molecule has 1 aliphatic heterocycles. The van der Waals surface area contributed by atoms with E-state index in [4.69, 9.17) is 5.26 Å². The van der Waals surface area contributed by atoms with Gasteiger partial charge in [0.2, 0.25) is 0 Å². The quantitative estimate of drug-likeness (QED) is 0.863. The second-order valence-electron chi connectivity index (χ2n) is 6.26. The van der Waals surface area contributed by atoms with E-state index in [0.29, 0.717) is 5.56 Å². The van der Waals surface area contributed by atoms with E-state index in [1.807, 2.05) is 4.90 Å². The molecule has 2 amide bonds. The Morgan fingerprint density at radius 3 is 2.19 bits per heavy atom. The lowest BCUT2D eigenvalue weighted by Crippen LogP contribution is -2.55. The maximum Gasteiger partial charge on any atom is 0.321 e. The first kappa shape index (κ1) is 15.3. The monoisotopic (exact) mass is 286 g/mol. The van der Waals surface area contributed by atoms with E-state index < -0.39 is 0 Å². The second kappa shape index (κ2) is 6.15. The van der Waals surface area contributed by atoms with Gasteiger partial charge >= 0.3 is 6.03 Å². The van der Waals surface area contributed by atoms with Gasteiger partial charge < -0.3 is 10.2 Å². The Kier molecular flexibility index (Phi) is 4.49. The van der Waals surface area contributed by atoms with Crippen LogP contribution in [0.3, 0.4) is 0 Å². The molecule has 1 N–H and O–H groups in total. The van der Waals surface area contributed by atoms with Gasteiger partial charge in [-0.3, -0.25) is 4.90 Å². The molecule has 5 heteroatoms. The first-order chi connectivity index (χ1) is 9.90. The third-order valence-electron chi connectivity index (χ3n) is 3.78. The minimum absolute atomic E-state index is 0.0757. The van der Waals surface area contributed by atoms with E-state index in [-0.39, 0.29) is 11.6 Å². The smallest absolute Gasteiger partial charge is 0.321 e. The topological polar surface area (TPSA) is 59.4 Å². The summed E-state index contributed by atoms with van der Waals surface area (Å²) in [6.07, 6.45) is 0. The van der Waals surface area contributed by atoms with Crippen LogP contribution in [0.15, 0.2) is 24.3 Å². The van der Waals surface area contributed by atoms with Gasteiger partial charge in [-0.25, -0.2) is 4.79 Å². The molecule has 2 rings (SSSR count). The van der Waals surface area contributed by atoms with Gasteiger partial charge in [0.25, 0.3) is 0 Å². The first-order valence-electron chi connectivity index (χ1n) is 7.21. The molecule has 1 saturated heterocycles. The Balaban J connectivity index is 1.89. The lowest BCUT2D eigenvalue weighted by Gasteiger charge is -2.42. The predicted molar refractivity (Wildman–Crippen MR) is 83.1 cm³/mol. The summed E-state index contributed by atoms with van der Waals surface area (Å²) >= 11 is 0. The maximum absolute atomic E-state index is 12.2. The van der Waals surface area contributed by atoms with Crippen molar-refractivity contribution < 1.29 is 4.79 Å². The molecule has 1 heterocycles. The summed E-state index contributed by atoms with van der Waals surface area (Å²) in [5, 5.41) is 11.6. The van der Waals surface area contributed by atoms with Crippen molar-refractivity contribution in [2.75, 3.05) is 31.5 Å². The highest BCUT2D eigenvalue weighted by atomic mass is 16.2. The number of urea groups is 1. The zero-order valence-electron chi connectivity index (χ0n) is 12.9. The molecule has 112 valence electrons. The molecule has 0 bridgehead atoms. The van der Waals surface area contributed by atoms with Crippen LogP contribution < -0.4 is 5.32 Å².